The van der Waals surface area contributed by atoms with Crippen molar-refractivity contribution in [1.82, 2.24) is 4.98 Å². The zero-order valence-corrected chi connectivity index (χ0v) is 16.6. The first kappa shape index (κ1) is 19.5. The summed E-state index contributed by atoms with van der Waals surface area (Å²) in [6.45, 7) is 1.99. The molecule has 2 aromatic carbocycles. The van der Waals surface area contributed by atoms with Crippen LogP contribution in [0.2, 0.25) is 0 Å². The van der Waals surface area contributed by atoms with Crippen molar-refractivity contribution < 1.29 is 17.9 Å². The number of nitrogens with zero attached hydrogens (tertiary/aromatic N) is 1. The summed E-state index contributed by atoms with van der Waals surface area (Å²) in [5, 5.41) is 3.22. The minimum absolute atomic E-state index is 0.127. The van der Waals surface area contributed by atoms with Crippen LogP contribution in [0, 0.1) is 6.92 Å². The van der Waals surface area contributed by atoms with Gasteiger partial charge in [0.15, 0.2) is 0 Å². The summed E-state index contributed by atoms with van der Waals surface area (Å²) in [6.07, 6.45) is 1.55. The van der Waals surface area contributed by atoms with Crippen LogP contribution in [0.1, 0.15) is 5.56 Å². The number of anilines is 3. The van der Waals surface area contributed by atoms with Crippen molar-refractivity contribution in [3.05, 3.63) is 66.4 Å². The number of aromatic nitrogens is 1. The quantitative estimate of drug-likeness (QED) is 0.625. The number of methoxy groups -OCH3 is 2. The molecule has 3 rings (SSSR count). The number of ether oxygens (including phenoxy) is 2. The molecule has 0 spiro atoms. The molecule has 0 saturated heterocycles. The van der Waals surface area contributed by atoms with Gasteiger partial charge in [-0.25, -0.2) is 13.4 Å². The Morgan fingerprint density at radius 2 is 1.68 bits per heavy atom. The number of aryl methyl sites for hydroxylation is 1. The van der Waals surface area contributed by atoms with Gasteiger partial charge in [-0.2, -0.15) is 0 Å². The Balaban J connectivity index is 1.74. The van der Waals surface area contributed by atoms with Gasteiger partial charge in [0.05, 0.1) is 36.7 Å². The van der Waals surface area contributed by atoms with Crippen molar-refractivity contribution in [2.45, 2.75) is 11.8 Å². The fraction of sp³-hybridized carbons (Fsp3) is 0.150. The first-order chi connectivity index (χ1) is 13.4. The maximum atomic E-state index is 12.5. The third-order valence-electron chi connectivity index (χ3n) is 4.01. The van der Waals surface area contributed by atoms with Crippen molar-refractivity contribution in [2.75, 3.05) is 24.3 Å². The summed E-state index contributed by atoms with van der Waals surface area (Å²) in [6, 6.07) is 15.2. The van der Waals surface area contributed by atoms with Crippen LogP contribution in [0.15, 0.2) is 65.7 Å². The molecular weight excluding hydrogens is 378 g/mol. The Bertz CT molecular complexity index is 1050. The number of benzene rings is 2. The number of pyridine rings is 1. The van der Waals surface area contributed by atoms with E-state index in [1.165, 1.54) is 19.2 Å². The summed E-state index contributed by atoms with van der Waals surface area (Å²) >= 11 is 0. The first-order valence-corrected chi connectivity index (χ1v) is 9.94. The SMILES string of the molecule is COc1ccc(S(=O)(=O)Nc2ccc(Nc3cc(C)ccc3OC)cn2)cc1. The Kier molecular flexibility index (Phi) is 5.70. The zero-order valence-electron chi connectivity index (χ0n) is 15.8. The number of sulfonamides is 1. The molecule has 28 heavy (non-hydrogen) atoms. The topological polar surface area (TPSA) is 89.6 Å². The molecular formula is C20H21N3O4S. The van der Waals surface area contributed by atoms with Gasteiger partial charge in [-0.15, -0.1) is 0 Å². The molecule has 0 aliphatic carbocycles. The smallest absolute Gasteiger partial charge is 0.263 e. The zero-order chi connectivity index (χ0) is 20.1. The molecule has 2 N–H and O–H groups in total. The molecule has 8 heteroatoms. The molecule has 1 aromatic heterocycles. The minimum Gasteiger partial charge on any atom is -0.497 e. The molecule has 0 aliphatic rings. The third-order valence-corrected chi connectivity index (χ3v) is 5.38. The van der Waals surface area contributed by atoms with E-state index in [0.717, 1.165) is 11.3 Å². The summed E-state index contributed by atoms with van der Waals surface area (Å²) in [4.78, 5) is 4.31. The van der Waals surface area contributed by atoms with Crippen LogP contribution in [0.5, 0.6) is 11.5 Å². The van der Waals surface area contributed by atoms with Crippen molar-refractivity contribution in [3.63, 3.8) is 0 Å². The van der Waals surface area contributed by atoms with E-state index in [0.29, 0.717) is 17.2 Å². The summed E-state index contributed by atoms with van der Waals surface area (Å²) < 4.78 is 37.8. The second kappa shape index (κ2) is 8.18. The normalized spacial score (nSPS) is 11.0. The molecule has 0 unspecified atom stereocenters. The van der Waals surface area contributed by atoms with Gasteiger partial charge in [0, 0.05) is 0 Å². The highest BCUT2D eigenvalue weighted by atomic mass is 32.2. The van der Waals surface area contributed by atoms with Crippen LogP contribution in [0.25, 0.3) is 0 Å². The second-order valence-corrected chi connectivity index (χ2v) is 7.72. The fourth-order valence-electron chi connectivity index (χ4n) is 2.55. The monoisotopic (exact) mass is 399 g/mol. The van der Waals surface area contributed by atoms with E-state index >= 15 is 0 Å². The summed E-state index contributed by atoms with van der Waals surface area (Å²) in [5.74, 6) is 1.51. The number of hydrogen-bond donors (Lipinski definition) is 2. The predicted octanol–water partition coefficient (Wildman–Crippen LogP) is 3.95. The largest absolute Gasteiger partial charge is 0.497 e. The lowest BCUT2D eigenvalue weighted by molar-refractivity contribution is 0.414. The van der Waals surface area contributed by atoms with Gasteiger partial charge in [-0.3, -0.25) is 4.72 Å². The molecule has 0 amide bonds. The molecule has 0 saturated carbocycles. The lowest BCUT2D eigenvalue weighted by Crippen LogP contribution is -2.13. The van der Waals surface area contributed by atoms with Crippen LogP contribution in [-0.4, -0.2) is 27.6 Å². The standard InChI is InChI=1S/C20H21N3O4S/c1-14-4-10-19(27-3)18(12-14)22-15-5-11-20(21-13-15)23-28(24,25)17-8-6-16(26-2)7-9-17/h4-13,22H,1-3H3,(H,21,23). The first-order valence-electron chi connectivity index (χ1n) is 8.46. The van der Waals surface area contributed by atoms with E-state index < -0.39 is 10.0 Å². The average molecular weight is 399 g/mol. The maximum Gasteiger partial charge on any atom is 0.263 e. The maximum absolute atomic E-state index is 12.5. The van der Waals surface area contributed by atoms with Crippen molar-refractivity contribution in [2.24, 2.45) is 0 Å². The Hall–Kier alpha value is -3.26. The molecule has 146 valence electrons. The van der Waals surface area contributed by atoms with Crippen LogP contribution >= 0.6 is 0 Å². The fourth-order valence-corrected chi connectivity index (χ4v) is 3.56. The average Bonchev–Trinajstić information content (AvgIpc) is 2.69. The van der Waals surface area contributed by atoms with Crippen molar-refractivity contribution >= 4 is 27.2 Å². The van der Waals surface area contributed by atoms with E-state index in [1.807, 2.05) is 25.1 Å². The van der Waals surface area contributed by atoms with Gasteiger partial charge in [0.25, 0.3) is 10.0 Å². The Labute approximate surface area is 164 Å². The van der Waals surface area contributed by atoms with Crippen molar-refractivity contribution in [3.8, 4) is 11.5 Å². The lowest BCUT2D eigenvalue weighted by Gasteiger charge is -2.12. The Morgan fingerprint density at radius 3 is 2.29 bits per heavy atom. The van der Waals surface area contributed by atoms with E-state index in [4.69, 9.17) is 9.47 Å². The molecule has 3 aromatic rings. The lowest BCUT2D eigenvalue weighted by atomic mass is 10.2. The molecule has 0 bridgehead atoms. The number of nitrogens with one attached hydrogen (secondary N) is 2. The van der Waals surface area contributed by atoms with E-state index in [-0.39, 0.29) is 10.7 Å². The molecule has 0 aliphatic heterocycles. The highest BCUT2D eigenvalue weighted by Crippen LogP contribution is 2.28. The summed E-state index contributed by atoms with van der Waals surface area (Å²) in [7, 11) is -0.611. The van der Waals surface area contributed by atoms with E-state index in [2.05, 4.69) is 15.0 Å². The van der Waals surface area contributed by atoms with Gasteiger partial charge in [0.2, 0.25) is 0 Å². The predicted molar refractivity (Wildman–Crippen MR) is 109 cm³/mol. The van der Waals surface area contributed by atoms with Gasteiger partial charge in [0.1, 0.15) is 17.3 Å². The van der Waals surface area contributed by atoms with Gasteiger partial charge >= 0.3 is 0 Å². The summed E-state index contributed by atoms with van der Waals surface area (Å²) in [5.41, 5.74) is 2.59. The second-order valence-electron chi connectivity index (χ2n) is 6.04. The van der Waals surface area contributed by atoms with E-state index in [9.17, 15) is 8.42 Å². The van der Waals surface area contributed by atoms with Gasteiger partial charge < -0.3 is 14.8 Å². The van der Waals surface area contributed by atoms with Crippen LogP contribution < -0.4 is 19.5 Å². The molecule has 7 nitrogen and oxygen atoms in total. The van der Waals surface area contributed by atoms with Crippen LogP contribution in [0.4, 0.5) is 17.2 Å². The van der Waals surface area contributed by atoms with Gasteiger partial charge in [-0.05, 0) is 61.0 Å². The molecule has 0 atom stereocenters. The van der Waals surface area contributed by atoms with Crippen LogP contribution in [0.3, 0.4) is 0 Å². The molecule has 0 fully saturated rings. The number of hydrogen-bond acceptors (Lipinski definition) is 6. The highest BCUT2D eigenvalue weighted by Gasteiger charge is 2.15. The highest BCUT2D eigenvalue weighted by molar-refractivity contribution is 7.92. The third kappa shape index (κ3) is 4.52. The van der Waals surface area contributed by atoms with E-state index in [1.54, 1.807) is 37.6 Å². The number of rotatable bonds is 7. The Morgan fingerprint density at radius 1 is 0.929 bits per heavy atom. The van der Waals surface area contributed by atoms with Gasteiger partial charge in [-0.1, -0.05) is 6.07 Å². The van der Waals surface area contributed by atoms with Crippen LogP contribution in [-0.2, 0) is 10.0 Å². The van der Waals surface area contributed by atoms with Crippen molar-refractivity contribution in [1.29, 1.82) is 0 Å². The minimum atomic E-state index is -3.73. The molecule has 0 radical (unpaired) electrons. The molecule has 1 heterocycles.